The van der Waals surface area contributed by atoms with Gasteiger partial charge in [0.15, 0.2) is 0 Å². The van der Waals surface area contributed by atoms with Gasteiger partial charge in [-0.3, -0.25) is 0 Å². The van der Waals surface area contributed by atoms with Gasteiger partial charge >= 0.3 is 5.25 Å². The molecule has 0 radical (unpaired) electrons. The Hall–Kier alpha value is -2.13. The number of benzene rings is 3. The molecule has 0 saturated heterocycles. The first-order valence-corrected chi connectivity index (χ1v) is 9.87. The van der Waals surface area contributed by atoms with Gasteiger partial charge in [0, 0.05) is 11.3 Å². The molecule has 0 amide bonds. The summed E-state index contributed by atoms with van der Waals surface area (Å²) in [6.45, 7) is 6.49. The van der Waals surface area contributed by atoms with Crippen molar-refractivity contribution in [1.29, 1.82) is 0 Å². The van der Waals surface area contributed by atoms with Gasteiger partial charge in [-0.2, -0.15) is 8.78 Å². The van der Waals surface area contributed by atoms with Crippen LogP contribution in [0.5, 0.6) is 0 Å². The molecule has 0 atom stereocenters. The Morgan fingerprint density at radius 2 is 1.33 bits per heavy atom. The number of halogens is 2. The second kappa shape index (κ2) is 7.85. The van der Waals surface area contributed by atoms with Crippen molar-refractivity contribution in [3.8, 4) is 11.1 Å². The Labute approximate surface area is 164 Å². The Morgan fingerprint density at radius 1 is 0.741 bits per heavy atom. The second-order valence-electron chi connectivity index (χ2n) is 7.71. The number of alkyl halides is 2. The summed E-state index contributed by atoms with van der Waals surface area (Å²) in [7, 11) is 0. The van der Waals surface area contributed by atoms with Gasteiger partial charge in [-0.15, -0.1) is 0 Å². The zero-order valence-corrected chi connectivity index (χ0v) is 16.7. The van der Waals surface area contributed by atoms with E-state index in [4.69, 9.17) is 0 Å². The molecule has 3 heteroatoms. The third-order valence-corrected chi connectivity index (χ3v) is 5.44. The summed E-state index contributed by atoms with van der Waals surface area (Å²) in [6, 6.07) is 24.5. The molecule has 0 unspecified atom stereocenters. The average Bonchev–Trinajstić information content (AvgIpc) is 2.62. The van der Waals surface area contributed by atoms with Crippen LogP contribution in [0, 0.1) is 0 Å². The molecule has 0 aliphatic rings. The molecule has 0 aromatic heterocycles. The lowest BCUT2D eigenvalue weighted by atomic mass is 9.86. The molecule has 3 aromatic carbocycles. The third kappa shape index (κ3) is 5.20. The summed E-state index contributed by atoms with van der Waals surface area (Å²) in [6.07, 6.45) is -0.302. The minimum absolute atomic E-state index is 0.0669. The van der Waals surface area contributed by atoms with Crippen molar-refractivity contribution in [1.82, 2.24) is 0 Å². The standard InChI is InChI=1S/C24H24F2S/c1-23(2,3)20-15-13-18(14-16-20)22-12-8-7-9-19(22)17-24(25,26)27-21-10-5-4-6-11-21/h4-16H,17H2,1-3H3. The van der Waals surface area contributed by atoms with Crippen molar-refractivity contribution in [2.75, 3.05) is 0 Å². The summed E-state index contributed by atoms with van der Waals surface area (Å²) in [5.74, 6) is 0. The molecule has 0 aliphatic carbocycles. The molecule has 3 rings (SSSR count). The molecular weight excluding hydrogens is 358 g/mol. The predicted octanol–water partition coefficient (Wildman–Crippen LogP) is 7.58. The maximum Gasteiger partial charge on any atom is 0.302 e. The predicted molar refractivity (Wildman–Crippen MR) is 112 cm³/mol. The summed E-state index contributed by atoms with van der Waals surface area (Å²) in [5.41, 5.74) is 3.80. The van der Waals surface area contributed by atoms with Gasteiger partial charge in [0.2, 0.25) is 0 Å². The monoisotopic (exact) mass is 382 g/mol. The van der Waals surface area contributed by atoms with E-state index in [2.05, 4.69) is 32.9 Å². The lowest BCUT2D eigenvalue weighted by molar-refractivity contribution is 0.107. The largest absolute Gasteiger partial charge is 0.302 e. The fraction of sp³-hybridized carbons (Fsp3) is 0.250. The third-order valence-electron chi connectivity index (χ3n) is 4.49. The van der Waals surface area contributed by atoms with Gasteiger partial charge in [0.1, 0.15) is 0 Å². The van der Waals surface area contributed by atoms with Crippen LogP contribution in [0.15, 0.2) is 83.8 Å². The highest BCUT2D eigenvalue weighted by Crippen LogP contribution is 2.40. The highest BCUT2D eigenvalue weighted by atomic mass is 32.2. The van der Waals surface area contributed by atoms with Crippen molar-refractivity contribution in [3.63, 3.8) is 0 Å². The van der Waals surface area contributed by atoms with Crippen molar-refractivity contribution in [3.05, 3.63) is 90.0 Å². The minimum Gasteiger partial charge on any atom is -0.194 e. The summed E-state index contributed by atoms with van der Waals surface area (Å²) in [5, 5.41) is -2.87. The maximum atomic E-state index is 14.7. The van der Waals surface area contributed by atoms with Gasteiger partial charge in [-0.1, -0.05) is 99.3 Å². The SMILES string of the molecule is CC(C)(C)c1ccc(-c2ccccc2CC(F)(F)Sc2ccccc2)cc1. The van der Waals surface area contributed by atoms with E-state index < -0.39 is 5.25 Å². The molecule has 0 spiro atoms. The van der Waals surface area contributed by atoms with Crippen molar-refractivity contribution in [2.45, 2.75) is 42.8 Å². The van der Waals surface area contributed by atoms with Crippen LogP contribution in [0.25, 0.3) is 11.1 Å². The number of rotatable bonds is 5. The lowest BCUT2D eigenvalue weighted by Crippen LogP contribution is -2.15. The summed E-state index contributed by atoms with van der Waals surface area (Å²) >= 11 is 0.617. The van der Waals surface area contributed by atoms with Gasteiger partial charge < -0.3 is 0 Å². The fourth-order valence-corrected chi connectivity index (χ4v) is 3.89. The van der Waals surface area contributed by atoms with E-state index in [1.165, 1.54) is 5.56 Å². The molecule has 0 fully saturated rings. The molecule has 0 aliphatic heterocycles. The Kier molecular flexibility index (Phi) is 5.71. The quantitative estimate of drug-likeness (QED) is 0.410. The molecule has 0 bridgehead atoms. The van der Waals surface area contributed by atoms with Crippen molar-refractivity contribution in [2.24, 2.45) is 0 Å². The molecule has 27 heavy (non-hydrogen) atoms. The average molecular weight is 383 g/mol. The zero-order chi connectivity index (χ0) is 19.5. The van der Waals surface area contributed by atoms with E-state index in [0.717, 1.165) is 11.1 Å². The van der Waals surface area contributed by atoms with E-state index in [1.807, 2.05) is 36.4 Å². The van der Waals surface area contributed by atoms with Crippen molar-refractivity contribution >= 4 is 11.8 Å². The molecule has 3 aromatic rings. The van der Waals surface area contributed by atoms with Crippen LogP contribution >= 0.6 is 11.8 Å². The van der Waals surface area contributed by atoms with E-state index in [9.17, 15) is 8.78 Å². The first-order valence-electron chi connectivity index (χ1n) is 9.05. The molecular formula is C24H24F2S. The van der Waals surface area contributed by atoms with E-state index >= 15 is 0 Å². The Balaban J connectivity index is 1.85. The fourth-order valence-electron chi connectivity index (χ4n) is 3.02. The number of thioether (sulfide) groups is 1. The van der Waals surface area contributed by atoms with Gasteiger partial charge in [0.25, 0.3) is 0 Å². The first kappa shape index (κ1) is 19.6. The van der Waals surface area contributed by atoms with Gasteiger partial charge in [-0.25, -0.2) is 0 Å². The van der Waals surface area contributed by atoms with Gasteiger partial charge in [0.05, 0.1) is 0 Å². The summed E-state index contributed by atoms with van der Waals surface area (Å²) < 4.78 is 29.3. The van der Waals surface area contributed by atoms with E-state index in [-0.39, 0.29) is 11.8 Å². The lowest BCUT2D eigenvalue weighted by Gasteiger charge is -2.20. The number of hydrogen-bond donors (Lipinski definition) is 0. The molecule has 0 saturated carbocycles. The van der Waals surface area contributed by atoms with Crippen LogP contribution in [0.3, 0.4) is 0 Å². The van der Waals surface area contributed by atoms with Crippen LogP contribution in [0.2, 0.25) is 0 Å². The van der Waals surface area contributed by atoms with E-state index in [0.29, 0.717) is 22.2 Å². The highest BCUT2D eigenvalue weighted by Gasteiger charge is 2.31. The first-order chi connectivity index (χ1) is 12.7. The van der Waals surface area contributed by atoms with Gasteiger partial charge in [-0.05, 0) is 39.8 Å². The topological polar surface area (TPSA) is 0 Å². The zero-order valence-electron chi connectivity index (χ0n) is 15.9. The van der Waals surface area contributed by atoms with Crippen LogP contribution < -0.4 is 0 Å². The number of hydrogen-bond acceptors (Lipinski definition) is 1. The smallest absolute Gasteiger partial charge is 0.194 e. The maximum absolute atomic E-state index is 14.7. The molecule has 140 valence electrons. The minimum atomic E-state index is -2.87. The Morgan fingerprint density at radius 3 is 1.96 bits per heavy atom. The highest BCUT2D eigenvalue weighted by molar-refractivity contribution is 8.00. The molecule has 0 N–H and O–H groups in total. The van der Waals surface area contributed by atoms with Crippen molar-refractivity contribution < 1.29 is 8.78 Å². The molecule has 0 heterocycles. The normalized spacial score (nSPS) is 12.2. The van der Waals surface area contributed by atoms with Crippen LogP contribution in [-0.4, -0.2) is 5.25 Å². The van der Waals surface area contributed by atoms with Crippen LogP contribution in [0.1, 0.15) is 31.9 Å². The van der Waals surface area contributed by atoms with Crippen LogP contribution in [-0.2, 0) is 11.8 Å². The second-order valence-corrected chi connectivity index (χ2v) is 8.99. The summed E-state index contributed by atoms with van der Waals surface area (Å²) in [4.78, 5) is 0.578. The Bertz CT molecular complexity index is 878. The molecule has 0 nitrogen and oxygen atoms in total. The van der Waals surface area contributed by atoms with Crippen LogP contribution in [0.4, 0.5) is 8.78 Å². The van der Waals surface area contributed by atoms with E-state index in [1.54, 1.807) is 30.3 Å².